The van der Waals surface area contributed by atoms with Crippen LogP contribution in [-0.2, 0) is 0 Å². The van der Waals surface area contributed by atoms with Crippen molar-refractivity contribution in [1.29, 1.82) is 0 Å². The summed E-state index contributed by atoms with van der Waals surface area (Å²) in [5, 5.41) is 5.70. The van der Waals surface area contributed by atoms with Crippen LogP contribution in [0.3, 0.4) is 0 Å². The third-order valence-corrected chi connectivity index (χ3v) is 2.55. The first-order valence-corrected chi connectivity index (χ1v) is 6.25. The maximum atomic E-state index is 11.6. The van der Waals surface area contributed by atoms with E-state index >= 15 is 0 Å². The Balaban J connectivity index is 2.35. The molecule has 0 saturated carbocycles. The second-order valence-corrected chi connectivity index (χ2v) is 4.91. The van der Waals surface area contributed by atoms with Gasteiger partial charge in [0.05, 0.1) is 0 Å². The molecule has 0 heterocycles. The van der Waals surface area contributed by atoms with Crippen LogP contribution in [0.1, 0.15) is 17.5 Å². The van der Waals surface area contributed by atoms with E-state index in [9.17, 15) is 4.79 Å². The monoisotopic (exact) mass is 249 g/mol. The number of carbonyl (C=O) groups is 1. The summed E-state index contributed by atoms with van der Waals surface area (Å²) < 4.78 is 0. The molecule has 0 atom stereocenters. The number of amides is 2. The predicted molar refractivity (Wildman–Crippen MR) is 76.1 cm³/mol. The summed E-state index contributed by atoms with van der Waals surface area (Å²) in [5.74, 6) is 0. The second kappa shape index (κ2) is 7.01. The number of rotatable bonds is 5. The molecule has 4 heteroatoms. The minimum Gasteiger partial charge on any atom is -0.338 e. The first-order valence-electron chi connectivity index (χ1n) is 6.25. The molecule has 0 aromatic heterocycles. The van der Waals surface area contributed by atoms with Crippen LogP contribution in [0.2, 0.25) is 0 Å². The van der Waals surface area contributed by atoms with Crippen molar-refractivity contribution in [2.75, 3.05) is 32.5 Å². The lowest BCUT2D eigenvalue weighted by Gasteiger charge is -2.11. The molecule has 0 aliphatic carbocycles. The Bertz CT molecular complexity index is 382. The largest absolute Gasteiger partial charge is 0.338 e. The van der Waals surface area contributed by atoms with Crippen LogP contribution in [0.4, 0.5) is 10.5 Å². The quantitative estimate of drug-likeness (QED) is 0.787. The van der Waals surface area contributed by atoms with Gasteiger partial charge in [-0.15, -0.1) is 0 Å². The van der Waals surface area contributed by atoms with E-state index in [0.717, 1.165) is 29.8 Å². The fourth-order valence-electron chi connectivity index (χ4n) is 1.82. The van der Waals surface area contributed by atoms with Crippen molar-refractivity contribution in [2.45, 2.75) is 20.3 Å². The van der Waals surface area contributed by atoms with Gasteiger partial charge in [-0.25, -0.2) is 4.79 Å². The van der Waals surface area contributed by atoms with E-state index in [0.29, 0.717) is 6.54 Å². The number of hydrogen-bond acceptors (Lipinski definition) is 2. The summed E-state index contributed by atoms with van der Waals surface area (Å²) in [6.07, 6.45) is 0.952. The molecule has 0 unspecified atom stereocenters. The standard InChI is InChI=1S/C14H23N3O/c1-11-8-12(2)10-13(9-11)16-14(18)15-6-5-7-17(3)4/h8-10H,5-7H2,1-4H3,(H2,15,16,18). The molecule has 1 aromatic carbocycles. The van der Waals surface area contributed by atoms with Crippen LogP contribution in [0.15, 0.2) is 18.2 Å². The van der Waals surface area contributed by atoms with Gasteiger partial charge in [0.25, 0.3) is 0 Å². The summed E-state index contributed by atoms with van der Waals surface area (Å²) in [6.45, 7) is 5.71. The van der Waals surface area contributed by atoms with Gasteiger partial charge in [0, 0.05) is 12.2 Å². The molecule has 18 heavy (non-hydrogen) atoms. The summed E-state index contributed by atoms with van der Waals surface area (Å²) in [4.78, 5) is 13.7. The smallest absolute Gasteiger partial charge is 0.319 e. The molecule has 0 radical (unpaired) electrons. The average Bonchev–Trinajstić information content (AvgIpc) is 2.22. The van der Waals surface area contributed by atoms with E-state index in [4.69, 9.17) is 0 Å². The van der Waals surface area contributed by atoms with Gasteiger partial charge in [-0.1, -0.05) is 6.07 Å². The van der Waals surface area contributed by atoms with Gasteiger partial charge in [-0.3, -0.25) is 0 Å². The molecule has 1 aromatic rings. The molecule has 0 bridgehead atoms. The lowest BCUT2D eigenvalue weighted by molar-refractivity contribution is 0.251. The van der Waals surface area contributed by atoms with E-state index < -0.39 is 0 Å². The number of nitrogens with zero attached hydrogens (tertiary/aromatic N) is 1. The number of nitrogens with one attached hydrogen (secondary N) is 2. The normalized spacial score (nSPS) is 10.5. The summed E-state index contributed by atoms with van der Waals surface area (Å²) in [6, 6.07) is 5.87. The van der Waals surface area contributed by atoms with Crippen molar-refractivity contribution in [1.82, 2.24) is 10.2 Å². The zero-order valence-electron chi connectivity index (χ0n) is 11.7. The Morgan fingerprint density at radius 3 is 2.33 bits per heavy atom. The summed E-state index contributed by atoms with van der Waals surface area (Å²) in [5.41, 5.74) is 3.15. The van der Waals surface area contributed by atoms with Crippen LogP contribution in [0.5, 0.6) is 0 Å². The molecule has 2 amide bonds. The van der Waals surface area contributed by atoms with E-state index in [1.807, 2.05) is 40.1 Å². The molecule has 0 aliphatic rings. The minimum atomic E-state index is -0.140. The molecular weight excluding hydrogens is 226 g/mol. The predicted octanol–water partition coefficient (Wildman–Crippen LogP) is 2.38. The highest BCUT2D eigenvalue weighted by atomic mass is 16.2. The Kier molecular flexibility index (Phi) is 5.65. The van der Waals surface area contributed by atoms with Gasteiger partial charge in [-0.2, -0.15) is 0 Å². The molecule has 0 saturated heterocycles. The molecule has 0 aliphatic heterocycles. The molecular formula is C14H23N3O. The van der Waals surface area contributed by atoms with E-state index in [-0.39, 0.29) is 6.03 Å². The Morgan fingerprint density at radius 1 is 1.17 bits per heavy atom. The van der Waals surface area contributed by atoms with E-state index in [1.54, 1.807) is 0 Å². The molecule has 0 fully saturated rings. The highest BCUT2D eigenvalue weighted by Crippen LogP contribution is 2.13. The molecule has 2 N–H and O–H groups in total. The van der Waals surface area contributed by atoms with Gasteiger partial charge in [0.2, 0.25) is 0 Å². The summed E-state index contributed by atoms with van der Waals surface area (Å²) in [7, 11) is 4.05. The highest BCUT2D eigenvalue weighted by molar-refractivity contribution is 5.89. The molecule has 100 valence electrons. The lowest BCUT2D eigenvalue weighted by Crippen LogP contribution is -2.31. The Morgan fingerprint density at radius 2 is 1.78 bits per heavy atom. The van der Waals surface area contributed by atoms with E-state index in [1.165, 1.54) is 0 Å². The Labute approximate surface area is 109 Å². The first-order chi connectivity index (χ1) is 8.47. The molecule has 4 nitrogen and oxygen atoms in total. The topological polar surface area (TPSA) is 44.4 Å². The van der Waals surface area contributed by atoms with Gasteiger partial charge in [0.15, 0.2) is 0 Å². The van der Waals surface area contributed by atoms with Gasteiger partial charge < -0.3 is 15.5 Å². The maximum absolute atomic E-state index is 11.6. The second-order valence-electron chi connectivity index (χ2n) is 4.91. The molecule has 0 spiro atoms. The lowest BCUT2D eigenvalue weighted by atomic mass is 10.1. The van der Waals surface area contributed by atoms with Crippen LogP contribution in [-0.4, -0.2) is 38.1 Å². The first kappa shape index (κ1) is 14.5. The van der Waals surface area contributed by atoms with Crippen molar-refractivity contribution in [3.8, 4) is 0 Å². The number of benzene rings is 1. The van der Waals surface area contributed by atoms with Crippen molar-refractivity contribution in [3.05, 3.63) is 29.3 Å². The Hall–Kier alpha value is -1.55. The van der Waals surface area contributed by atoms with Crippen molar-refractivity contribution in [2.24, 2.45) is 0 Å². The van der Waals surface area contributed by atoms with Crippen molar-refractivity contribution < 1.29 is 4.79 Å². The highest BCUT2D eigenvalue weighted by Gasteiger charge is 2.02. The number of hydrogen-bond donors (Lipinski definition) is 2. The number of carbonyl (C=O) groups excluding carboxylic acids is 1. The van der Waals surface area contributed by atoms with Crippen LogP contribution >= 0.6 is 0 Å². The van der Waals surface area contributed by atoms with Crippen LogP contribution in [0.25, 0.3) is 0 Å². The van der Waals surface area contributed by atoms with Crippen LogP contribution < -0.4 is 10.6 Å². The fraction of sp³-hybridized carbons (Fsp3) is 0.500. The summed E-state index contributed by atoms with van der Waals surface area (Å²) >= 11 is 0. The fourth-order valence-corrected chi connectivity index (χ4v) is 1.82. The number of anilines is 1. The third kappa shape index (κ3) is 5.68. The minimum absolute atomic E-state index is 0.140. The SMILES string of the molecule is Cc1cc(C)cc(NC(=O)NCCCN(C)C)c1. The van der Waals surface area contributed by atoms with Gasteiger partial charge in [0.1, 0.15) is 0 Å². The van der Waals surface area contributed by atoms with Crippen molar-refractivity contribution >= 4 is 11.7 Å². The van der Waals surface area contributed by atoms with Crippen LogP contribution in [0, 0.1) is 13.8 Å². The maximum Gasteiger partial charge on any atom is 0.319 e. The zero-order valence-corrected chi connectivity index (χ0v) is 11.7. The number of aryl methyl sites for hydroxylation is 2. The van der Waals surface area contributed by atoms with Gasteiger partial charge in [-0.05, 0) is 64.2 Å². The molecule has 1 rings (SSSR count). The average molecular weight is 249 g/mol. The third-order valence-electron chi connectivity index (χ3n) is 2.55. The zero-order chi connectivity index (χ0) is 13.5. The van der Waals surface area contributed by atoms with Crippen molar-refractivity contribution in [3.63, 3.8) is 0 Å². The van der Waals surface area contributed by atoms with Gasteiger partial charge >= 0.3 is 6.03 Å². The van der Waals surface area contributed by atoms with E-state index in [2.05, 4.69) is 21.6 Å². The number of urea groups is 1.